The lowest BCUT2D eigenvalue weighted by Crippen LogP contribution is -2.10. The van der Waals surface area contributed by atoms with Crippen LogP contribution in [-0.4, -0.2) is 0 Å². The van der Waals surface area contributed by atoms with E-state index in [1.807, 2.05) is 11.3 Å². The molecule has 12 aromatic carbocycles. The van der Waals surface area contributed by atoms with Crippen LogP contribution in [0.3, 0.4) is 0 Å². The Balaban J connectivity index is 0.988. The van der Waals surface area contributed by atoms with Crippen LogP contribution in [0.25, 0.3) is 108 Å². The number of benzene rings is 12. The van der Waals surface area contributed by atoms with Crippen molar-refractivity contribution in [2.24, 2.45) is 0 Å². The van der Waals surface area contributed by atoms with E-state index in [0.29, 0.717) is 0 Å². The molecule has 0 saturated carbocycles. The smallest absolute Gasteiger partial charge is 0.0476 e. The molecule has 0 N–H and O–H groups in total. The molecule has 0 unspecified atom stereocenters. The van der Waals surface area contributed by atoms with Crippen LogP contribution < -0.4 is 4.90 Å². The van der Waals surface area contributed by atoms with E-state index in [1.165, 1.54) is 102 Å². The van der Waals surface area contributed by atoms with Crippen LogP contribution in [-0.2, 0) is 0 Å². The molecule has 0 aliphatic heterocycles. The van der Waals surface area contributed by atoms with Gasteiger partial charge in [0.2, 0.25) is 0 Å². The highest BCUT2D eigenvalue weighted by atomic mass is 32.1. The van der Waals surface area contributed by atoms with Crippen molar-refractivity contribution < 1.29 is 0 Å². The molecule has 1 aromatic heterocycles. The summed E-state index contributed by atoms with van der Waals surface area (Å²) in [5, 5.41) is 12.7. The van der Waals surface area contributed by atoms with Gasteiger partial charge in [-0.15, -0.1) is 11.3 Å². The molecule has 0 aliphatic rings. The van der Waals surface area contributed by atoms with Crippen LogP contribution >= 0.6 is 11.3 Å². The van der Waals surface area contributed by atoms with Gasteiger partial charge in [-0.3, -0.25) is 0 Å². The summed E-state index contributed by atoms with van der Waals surface area (Å²) in [7, 11) is 0. The summed E-state index contributed by atoms with van der Waals surface area (Å²) in [6.45, 7) is 0. The van der Waals surface area contributed by atoms with E-state index in [9.17, 15) is 0 Å². The number of nitrogens with zero attached hydrogens (tertiary/aromatic N) is 1. The third-order valence-corrected chi connectivity index (χ3v) is 14.5. The summed E-state index contributed by atoms with van der Waals surface area (Å²) in [6.07, 6.45) is 0. The first-order valence-corrected chi connectivity index (χ1v) is 23.5. The summed E-state index contributed by atoms with van der Waals surface area (Å²) in [4.78, 5) is 2.42. The molecule has 13 aromatic rings. The molecular formula is C64H41NS. The van der Waals surface area contributed by atoms with Gasteiger partial charge in [-0.2, -0.15) is 0 Å². The molecule has 2 heteroatoms. The highest BCUT2D eigenvalue weighted by molar-refractivity contribution is 7.25. The van der Waals surface area contributed by atoms with E-state index in [-0.39, 0.29) is 0 Å². The van der Waals surface area contributed by atoms with Gasteiger partial charge in [-0.05, 0) is 142 Å². The average Bonchev–Trinajstić information content (AvgIpc) is 3.77. The van der Waals surface area contributed by atoms with Crippen molar-refractivity contribution in [2.75, 3.05) is 4.90 Å². The highest BCUT2D eigenvalue weighted by Gasteiger charge is 2.20. The van der Waals surface area contributed by atoms with Crippen molar-refractivity contribution in [3.63, 3.8) is 0 Å². The SMILES string of the molecule is c1ccc(-c2c(-c3ccccc3)c3cc(-c4cccc(N(c5ccc(-c6cc7ccccc7c7ccccc67)cc5)c5ccc6c(c5)sc5ccccc56)c4)ccc3c3ccccc23)cc1. The standard InChI is InChI=1S/C64H41NS/c1-3-16-43(17-4-1)63-58-28-12-11-25-53(58)55-36-32-46(39-60(55)64(63)44-18-5-2-6-19-44)45-21-15-22-49(38-45)65(50-35-37-57-56-27-13-14-29-61(56)66-62(57)41-50)48-33-30-42(31-34-48)59-40-47-20-7-8-23-51(47)52-24-9-10-26-54(52)59/h1-41H. The molecule has 0 radical (unpaired) electrons. The highest BCUT2D eigenvalue weighted by Crippen LogP contribution is 2.47. The van der Waals surface area contributed by atoms with Crippen molar-refractivity contribution >= 4 is 91.7 Å². The van der Waals surface area contributed by atoms with E-state index in [2.05, 4.69) is 254 Å². The predicted octanol–water partition coefficient (Wildman–Crippen LogP) is 18.8. The zero-order chi connectivity index (χ0) is 43.6. The van der Waals surface area contributed by atoms with E-state index >= 15 is 0 Å². The lowest BCUT2D eigenvalue weighted by Gasteiger charge is -2.26. The van der Waals surface area contributed by atoms with E-state index in [4.69, 9.17) is 0 Å². The third-order valence-electron chi connectivity index (χ3n) is 13.4. The Morgan fingerprint density at radius 3 is 1.50 bits per heavy atom. The Labute approximate surface area is 387 Å². The first-order valence-electron chi connectivity index (χ1n) is 22.7. The molecule has 0 spiro atoms. The Bertz CT molecular complexity index is 3980. The predicted molar refractivity (Wildman–Crippen MR) is 286 cm³/mol. The summed E-state index contributed by atoms with van der Waals surface area (Å²) >= 11 is 1.86. The second kappa shape index (κ2) is 15.7. The maximum Gasteiger partial charge on any atom is 0.0476 e. The monoisotopic (exact) mass is 855 g/mol. The fraction of sp³-hybridized carbons (Fsp3) is 0. The van der Waals surface area contributed by atoms with Crippen molar-refractivity contribution in [1.29, 1.82) is 0 Å². The largest absolute Gasteiger partial charge is 0.310 e. The molecule has 1 heterocycles. The van der Waals surface area contributed by atoms with Gasteiger partial charge in [0.25, 0.3) is 0 Å². The number of hydrogen-bond acceptors (Lipinski definition) is 2. The molecule has 0 atom stereocenters. The lowest BCUT2D eigenvalue weighted by molar-refractivity contribution is 1.29. The first kappa shape index (κ1) is 38.2. The second-order valence-corrected chi connectivity index (χ2v) is 18.3. The Kier molecular flexibility index (Phi) is 9.11. The summed E-state index contributed by atoms with van der Waals surface area (Å²) in [5.74, 6) is 0. The van der Waals surface area contributed by atoms with E-state index < -0.39 is 0 Å². The topological polar surface area (TPSA) is 3.24 Å². The fourth-order valence-electron chi connectivity index (χ4n) is 10.4. The molecule has 0 amide bonds. The van der Waals surface area contributed by atoms with Gasteiger partial charge in [0.15, 0.2) is 0 Å². The van der Waals surface area contributed by atoms with Crippen LogP contribution in [0.15, 0.2) is 249 Å². The number of thiophene rings is 1. The minimum atomic E-state index is 1.10. The summed E-state index contributed by atoms with van der Waals surface area (Å²) in [6, 6.07) is 91.6. The van der Waals surface area contributed by atoms with E-state index in [1.54, 1.807) is 0 Å². The normalized spacial score (nSPS) is 11.6. The van der Waals surface area contributed by atoms with E-state index in [0.717, 1.165) is 22.6 Å². The molecule has 66 heavy (non-hydrogen) atoms. The van der Waals surface area contributed by atoms with Gasteiger partial charge in [0.05, 0.1) is 0 Å². The van der Waals surface area contributed by atoms with Crippen LogP contribution in [0.1, 0.15) is 0 Å². The molecule has 13 rings (SSSR count). The van der Waals surface area contributed by atoms with Crippen molar-refractivity contribution in [3.8, 4) is 44.5 Å². The van der Waals surface area contributed by atoms with Crippen molar-refractivity contribution in [1.82, 2.24) is 0 Å². The number of anilines is 3. The number of rotatable bonds is 7. The Morgan fingerprint density at radius 1 is 0.242 bits per heavy atom. The second-order valence-electron chi connectivity index (χ2n) is 17.2. The molecule has 0 bridgehead atoms. The minimum Gasteiger partial charge on any atom is -0.310 e. The summed E-state index contributed by atoms with van der Waals surface area (Å²) in [5.41, 5.74) is 13.0. The maximum atomic E-state index is 2.42. The number of fused-ring (bicyclic) bond motifs is 9. The van der Waals surface area contributed by atoms with Crippen molar-refractivity contribution in [3.05, 3.63) is 249 Å². The Morgan fingerprint density at radius 2 is 0.742 bits per heavy atom. The van der Waals surface area contributed by atoms with Crippen LogP contribution in [0.4, 0.5) is 17.1 Å². The fourth-order valence-corrected chi connectivity index (χ4v) is 11.5. The molecule has 0 fully saturated rings. The molecular weight excluding hydrogens is 815 g/mol. The van der Waals surface area contributed by atoms with Gasteiger partial charge in [-0.1, -0.05) is 194 Å². The van der Waals surface area contributed by atoms with Gasteiger partial charge in [0, 0.05) is 37.2 Å². The Hall–Kier alpha value is -8.30. The van der Waals surface area contributed by atoms with Gasteiger partial charge >= 0.3 is 0 Å². The third kappa shape index (κ3) is 6.37. The van der Waals surface area contributed by atoms with Gasteiger partial charge in [-0.25, -0.2) is 0 Å². The molecule has 308 valence electrons. The quantitative estimate of drug-likeness (QED) is 0.144. The average molecular weight is 856 g/mol. The molecule has 1 nitrogen and oxygen atoms in total. The van der Waals surface area contributed by atoms with Crippen molar-refractivity contribution in [2.45, 2.75) is 0 Å². The van der Waals surface area contributed by atoms with Gasteiger partial charge < -0.3 is 4.90 Å². The van der Waals surface area contributed by atoms with Crippen LogP contribution in [0, 0.1) is 0 Å². The molecule has 0 saturated heterocycles. The minimum absolute atomic E-state index is 1.10. The van der Waals surface area contributed by atoms with Gasteiger partial charge in [0.1, 0.15) is 0 Å². The number of hydrogen-bond donors (Lipinski definition) is 0. The zero-order valence-corrected chi connectivity index (χ0v) is 36.8. The zero-order valence-electron chi connectivity index (χ0n) is 36.0. The first-order chi connectivity index (χ1) is 32.7. The summed E-state index contributed by atoms with van der Waals surface area (Å²) < 4.78 is 2.58. The maximum absolute atomic E-state index is 2.42. The lowest BCUT2D eigenvalue weighted by atomic mass is 9.84. The van der Waals surface area contributed by atoms with Crippen LogP contribution in [0.2, 0.25) is 0 Å². The van der Waals surface area contributed by atoms with Crippen LogP contribution in [0.5, 0.6) is 0 Å². The molecule has 0 aliphatic carbocycles.